The molecular weight excluding hydrogens is 412 g/mol. The second-order valence-electron chi connectivity index (χ2n) is 9.74. The number of nitrogens with one attached hydrogen (secondary N) is 1. The van der Waals surface area contributed by atoms with E-state index in [-0.39, 0.29) is 17.4 Å². The van der Waals surface area contributed by atoms with E-state index in [0.29, 0.717) is 22.2 Å². The molecule has 6 heteroatoms. The lowest BCUT2D eigenvalue weighted by molar-refractivity contribution is -0.127. The van der Waals surface area contributed by atoms with Gasteiger partial charge >= 0.3 is 0 Å². The molecule has 0 atom stereocenters. The van der Waals surface area contributed by atoms with Crippen LogP contribution in [0.3, 0.4) is 0 Å². The first kappa shape index (κ1) is 20.3. The molecule has 4 bridgehead atoms. The Balaban J connectivity index is 1.19. The fourth-order valence-corrected chi connectivity index (χ4v) is 7.65. The minimum Gasteiger partial charge on any atom is -0.351 e. The zero-order valence-corrected chi connectivity index (χ0v) is 19.0. The number of nitrogens with zero attached hydrogens (tertiary/aromatic N) is 1. The molecule has 4 aliphatic carbocycles. The highest BCUT2D eigenvalue weighted by atomic mass is 32.2. The van der Waals surface area contributed by atoms with Gasteiger partial charge in [0.2, 0.25) is 5.91 Å². The molecule has 1 aromatic rings. The first-order valence-corrected chi connectivity index (χ1v) is 12.2. The molecule has 0 spiro atoms. The molecule has 5 fully saturated rings. The van der Waals surface area contributed by atoms with E-state index in [1.165, 1.54) is 36.6 Å². The molecule has 0 radical (unpaired) electrons. The van der Waals surface area contributed by atoms with Crippen molar-refractivity contribution in [3.05, 3.63) is 40.3 Å². The van der Waals surface area contributed by atoms with Crippen LogP contribution in [0.25, 0.3) is 6.08 Å². The van der Waals surface area contributed by atoms with Crippen molar-refractivity contribution in [2.24, 2.45) is 17.8 Å². The molecule has 5 aliphatic rings. The fraction of sp³-hybridized carbons (Fsp3) is 0.542. The third-order valence-corrected chi connectivity index (χ3v) is 8.63. The Bertz CT molecular complexity index is 886. The predicted octanol–water partition coefficient (Wildman–Crippen LogP) is 4.67. The molecule has 6 rings (SSSR count). The zero-order chi connectivity index (χ0) is 20.9. The summed E-state index contributed by atoms with van der Waals surface area (Å²) in [5, 5.41) is 3.39. The fourth-order valence-electron chi connectivity index (χ4n) is 6.34. The van der Waals surface area contributed by atoms with E-state index in [1.54, 1.807) is 4.90 Å². The van der Waals surface area contributed by atoms with E-state index in [0.717, 1.165) is 42.6 Å². The van der Waals surface area contributed by atoms with E-state index >= 15 is 0 Å². The summed E-state index contributed by atoms with van der Waals surface area (Å²) in [5.41, 5.74) is 2.19. The van der Waals surface area contributed by atoms with Gasteiger partial charge in [0.1, 0.15) is 4.32 Å². The molecule has 1 aromatic carbocycles. The van der Waals surface area contributed by atoms with Crippen LogP contribution in [0, 0.1) is 24.7 Å². The van der Waals surface area contributed by atoms with Gasteiger partial charge in [0.05, 0.1) is 4.91 Å². The molecule has 1 N–H and O–H groups in total. The van der Waals surface area contributed by atoms with Crippen molar-refractivity contribution < 1.29 is 9.59 Å². The number of benzene rings is 1. The van der Waals surface area contributed by atoms with Crippen LogP contribution >= 0.6 is 24.0 Å². The van der Waals surface area contributed by atoms with E-state index in [4.69, 9.17) is 12.2 Å². The third kappa shape index (κ3) is 3.96. The second-order valence-corrected chi connectivity index (χ2v) is 11.4. The van der Waals surface area contributed by atoms with E-state index < -0.39 is 0 Å². The summed E-state index contributed by atoms with van der Waals surface area (Å²) in [7, 11) is 0. The van der Waals surface area contributed by atoms with Crippen LogP contribution < -0.4 is 5.32 Å². The lowest BCUT2D eigenvalue weighted by Crippen LogP contribution is -2.60. The molecule has 0 unspecified atom stereocenters. The second kappa shape index (κ2) is 7.79. The van der Waals surface area contributed by atoms with E-state index in [2.05, 4.69) is 5.32 Å². The largest absolute Gasteiger partial charge is 0.351 e. The van der Waals surface area contributed by atoms with Crippen molar-refractivity contribution in [1.82, 2.24) is 10.2 Å². The van der Waals surface area contributed by atoms with Crippen molar-refractivity contribution in [3.63, 3.8) is 0 Å². The smallest absolute Gasteiger partial charge is 0.266 e. The molecule has 1 saturated heterocycles. The van der Waals surface area contributed by atoms with Gasteiger partial charge in [0.25, 0.3) is 5.91 Å². The highest BCUT2D eigenvalue weighted by Gasteiger charge is 2.51. The van der Waals surface area contributed by atoms with Crippen LogP contribution in [0.5, 0.6) is 0 Å². The number of hydrogen-bond donors (Lipinski definition) is 1. The van der Waals surface area contributed by atoms with Gasteiger partial charge in [-0.15, -0.1) is 0 Å². The van der Waals surface area contributed by atoms with Crippen molar-refractivity contribution in [2.75, 3.05) is 6.54 Å². The van der Waals surface area contributed by atoms with Gasteiger partial charge < -0.3 is 5.32 Å². The van der Waals surface area contributed by atoms with Gasteiger partial charge in [-0.25, -0.2) is 0 Å². The Kier molecular flexibility index (Phi) is 5.26. The average molecular weight is 441 g/mol. The lowest BCUT2D eigenvalue weighted by atomic mass is 9.53. The predicted molar refractivity (Wildman–Crippen MR) is 125 cm³/mol. The molecule has 158 valence electrons. The van der Waals surface area contributed by atoms with Crippen LogP contribution in [0.1, 0.15) is 56.1 Å². The maximum Gasteiger partial charge on any atom is 0.266 e. The molecule has 0 aromatic heterocycles. The van der Waals surface area contributed by atoms with Gasteiger partial charge in [-0.1, -0.05) is 53.8 Å². The van der Waals surface area contributed by atoms with Gasteiger partial charge in [-0.05, 0) is 74.8 Å². The van der Waals surface area contributed by atoms with Crippen LogP contribution in [-0.4, -0.2) is 33.1 Å². The molecule has 30 heavy (non-hydrogen) atoms. The van der Waals surface area contributed by atoms with Crippen molar-refractivity contribution in [1.29, 1.82) is 0 Å². The number of rotatable bonds is 5. The lowest BCUT2D eigenvalue weighted by Gasteiger charge is -2.57. The first-order valence-electron chi connectivity index (χ1n) is 11.0. The quantitative estimate of drug-likeness (QED) is 0.534. The van der Waals surface area contributed by atoms with Gasteiger partial charge in [-0.3, -0.25) is 14.5 Å². The Morgan fingerprint density at radius 1 is 1.17 bits per heavy atom. The topological polar surface area (TPSA) is 49.4 Å². The van der Waals surface area contributed by atoms with Crippen molar-refractivity contribution in [3.8, 4) is 0 Å². The summed E-state index contributed by atoms with van der Waals surface area (Å²) in [6.45, 7) is 2.39. The van der Waals surface area contributed by atoms with Gasteiger partial charge in [0.15, 0.2) is 0 Å². The monoisotopic (exact) mass is 440 g/mol. The Morgan fingerprint density at radius 3 is 2.37 bits per heavy atom. The Hall–Kier alpha value is -1.66. The number of hydrogen-bond acceptors (Lipinski definition) is 4. The third-order valence-electron chi connectivity index (χ3n) is 7.25. The minimum atomic E-state index is -0.0896. The summed E-state index contributed by atoms with van der Waals surface area (Å²) < 4.78 is 0.543. The maximum atomic E-state index is 12.8. The number of thiocarbonyl (C=S) groups is 1. The van der Waals surface area contributed by atoms with Gasteiger partial charge in [-0.2, -0.15) is 0 Å². The first-order chi connectivity index (χ1) is 14.4. The Morgan fingerprint density at radius 2 is 1.77 bits per heavy atom. The summed E-state index contributed by atoms with van der Waals surface area (Å²) in [4.78, 5) is 27.8. The highest BCUT2D eigenvalue weighted by Crippen LogP contribution is 2.55. The van der Waals surface area contributed by atoms with Gasteiger partial charge in [0, 0.05) is 18.5 Å². The van der Waals surface area contributed by atoms with Crippen molar-refractivity contribution in [2.45, 2.75) is 57.4 Å². The Labute approximate surface area is 187 Å². The minimum absolute atomic E-state index is 0.0205. The van der Waals surface area contributed by atoms with E-state index in [1.807, 2.05) is 37.3 Å². The van der Waals surface area contributed by atoms with Crippen LogP contribution in [0.2, 0.25) is 0 Å². The summed E-state index contributed by atoms with van der Waals surface area (Å²) in [5.74, 6) is 2.38. The zero-order valence-electron chi connectivity index (χ0n) is 17.4. The molecule has 4 saturated carbocycles. The number of carbonyl (C=O) groups is 2. The standard InChI is InChI=1S/C24H28N2O2S2/c1-15-2-4-16(5-3-15)11-20-22(28)26(23(29)30-20)7-6-21(27)25-24-12-17-8-18(13-24)10-19(9-17)14-24/h2-5,11,17-19H,6-10,12-14H2,1H3,(H,25,27)/b20-11-. The molecule has 1 aliphatic heterocycles. The van der Waals surface area contributed by atoms with Crippen molar-refractivity contribution >= 4 is 46.2 Å². The number of amides is 2. The SMILES string of the molecule is Cc1ccc(/C=C2\SC(=S)N(CCC(=O)NC34CC5CC(CC(C5)C3)C4)C2=O)cc1. The summed E-state index contributed by atoms with van der Waals surface area (Å²) >= 11 is 6.76. The molecule has 4 nitrogen and oxygen atoms in total. The number of carbonyl (C=O) groups excluding carboxylic acids is 2. The average Bonchev–Trinajstić information content (AvgIpc) is 2.93. The normalized spacial score (nSPS) is 33.6. The highest BCUT2D eigenvalue weighted by molar-refractivity contribution is 8.26. The molecule has 2 amide bonds. The number of aryl methyl sites for hydroxylation is 1. The maximum absolute atomic E-state index is 12.8. The summed E-state index contributed by atoms with van der Waals surface area (Å²) in [6, 6.07) is 8.06. The summed E-state index contributed by atoms with van der Waals surface area (Å²) in [6.07, 6.45) is 9.71. The van der Waals surface area contributed by atoms with Crippen LogP contribution in [0.15, 0.2) is 29.2 Å². The van der Waals surface area contributed by atoms with Crippen LogP contribution in [0.4, 0.5) is 0 Å². The van der Waals surface area contributed by atoms with Crippen LogP contribution in [-0.2, 0) is 9.59 Å². The molecular formula is C24H28N2O2S2. The molecule has 1 heterocycles. The number of thioether (sulfide) groups is 1. The van der Waals surface area contributed by atoms with E-state index in [9.17, 15) is 9.59 Å².